The summed E-state index contributed by atoms with van der Waals surface area (Å²) in [5.41, 5.74) is 0.957. The summed E-state index contributed by atoms with van der Waals surface area (Å²) in [6.07, 6.45) is 0.461. The summed E-state index contributed by atoms with van der Waals surface area (Å²) in [6, 6.07) is 9.62. The molecular formula is C14H21NO3. The van der Waals surface area contributed by atoms with Crippen LogP contribution in [0.15, 0.2) is 30.3 Å². The van der Waals surface area contributed by atoms with Crippen LogP contribution in [0.25, 0.3) is 0 Å². The first kappa shape index (κ1) is 14.5. The first-order valence-corrected chi connectivity index (χ1v) is 6.27. The molecule has 4 nitrogen and oxygen atoms in total. The van der Waals surface area contributed by atoms with E-state index in [-0.39, 0.29) is 25.3 Å². The molecule has 0 aliphatic carbocycles. The standard InChI is InChI=1S/C14H21NO3/c1-3-12(2)15(9-10-16)14(17)18-11-13-7-5-4-6-8-13/h4-8,12,16H,3,9-11H2,1-2H3. The fourth-order valence-electron chi connectivity index (χ4n) is 1.62. The molecule has 1 N–H and O–H groups in total. The van der Waals surface area contributed by atoms with Gasteiger partial charge in [-0.3, -0.25) is 0 Å². The van der Waals surface area contributed by atoms with Gasteiger partial charge in [0.15, 0.2) is 0 Å². The summed E-state index contributed by atoms with van der Waals surface area (Å²) in [5.74, 6) is 0. The largest absolute Gasteiger partial charge is 0.445 e. The van der Waals surface area contributed by atoms with Crippen LogP contribution in [-0.2, 0) is 11.3 Å². The Hall–Kier alpha value is -1.55. The van der Waals surface area contributed by atoms with Gasteiger partial charge in [0.1, 0.15) is 6.61 Å². The Morgan fingerprint density at radius 1 is 1.39 bits per heavy atom. The maximum atomic E-state index is 11.9. The van der Waals surface area contributed by atoms with E-state index in [1.807, 2.05) is 44.2 Å². The van der Waals surface area contributed by atoms with Crippen molar-refractivity contribution in [3.05, 3.63) is 35.9 Å². The van der Waals surface area contributed by atoms with Crippen molar-refractivity contribution in [1.82, 2.24) is 4.90 Å². The number of hydrogen-bond acceptors (Lipinski definition) is 3. The average Bonchev–Trinajstić information content (AvgIpc) is 2.42. The average molecular weight is 251 g/mol. The quantitative estimate of drug-likeness (QED) is 0.844. The molecule has 0 aliphatic heterocycles. The highest BCUT2D eigenvalue weighted by Crippen LogP contribution is 2.08. The Labute approximate surface area is 108 Å². The number of rotatable bonds is 6. The number of aliphatic hydroxyl groups excluding tert-OH is 1. The van der Waals surface area contributed by atoms with Crippen LogP contribution in [0.3, 0.4) is 0 Å². The maximum absolute atomic E-state index is 11.9. The van der Waals surface area contributed by atoms with Gasteiger partial charge < -0.3 is 14.7 Å². The number of carbonyl (C=O) groups excluding carboxylic acids is 1. The van der Waals surface area contributed by atoms with Crippen LogP contribution in [-0.4, -0.2) is 35.3 Å². The van der Waals surface area contributed by atoms with Gasteiger partial charge in [0.25, 0.3) is 0 Å². The SMILES string of the molecule is CCC(C)N(CCO)C(=O)OCc1ccccc1. The Morgan fingerprint density at radius 3 is 2.61 bits per heavy atom. The van der Waals surface area contributed by atoms with E-state index in [2.05, 4.69) is 0 Å². The number of benzene rings is 1. The molecule has 0 heterocycles. The minimum atomic E-state index is -0.373. The molecule has 1 aromatic rings. The van der Waals surface area contributed by atoms with Crippen LogP contribution in [0.2, 0.25) is 0 Å². The molecule has 1 rings (SSSR count). The molecule has 1 atom stereocenters. The van der Waals surface area contributed by atoms with E-state index in [0.717, 1.165) is 12.0 Å². The fraction of sp³-hybridized carbons (Fsp3) is 0.500. The maximum Gasteiger partial charge on any atom is 0.410 e. The van der Waals surface area contributed by atoms with Crippen LogP contribution in [0.4, 0.5) is 4.79 Å². The van der Waals surface area contributed by atoms with Gasteiger partial charge in [-0.05, 0) is 18.9 Å². The van der Waals surface area contributed by atoms with Crippen molar-refractivity contribution in [2.24, 2.45) is 0 Å². The lowest BCUT2D eigenvalue weighted by molar-refractivity contribution is 0.0738. The Kier molecular flexibility index (Phi) is 6.22. The minimum Gasteiger partial charge on any atom is -0.445 e. The number of amides is 1. The van der Waals surface area contributed by atoms with Crippen molar-refractivity contribution in [2.75, 3.05) is 13.2 Å². The van der Waals surface area contributed by atoms with Gasteiger partial charge in [0.2, 0.25) is 0 Å². The van der Waals surface area contributed by atoms with Crippen molar-refractivity contribution in [3.8, 4) is 0 Å². The highest BCUT2D eigenvalue weighted by Gasteiger charge is 2.19. The van der Waals surface area contributed by atoms with Gasteiger partial charge in [-0.25, -0.2) is 4.79 Å². The topological polar surface area (TPSA) is 49.8 Å². The molecule has 0 saturated heterocycles. The lowest BCUT2D eigenvalue weighted by Crippen LogP contribution is -2.40. The minimum absolute atomic E-state index is 0.0508. The first-order chi connectivity index (χ1) is 8.69. The molecule has 4 heteroatoms. The second-order valence-electron chi connectivity index (χ2n) is 4.21. The monoisotopic (exact) mass is 251 g/mol. The van der Waals surface area contributed by atoms with Crippen molar-refractivity contribution in [3.63, 3.8) is 0 Å². The summed E-state index contributed by atoms with van der Waals surface area (Å²) < 4.78 is 5.24. The van der Waals surface area contributed by atoms with Gasteiger partial charge >= 0.3 is 6.09 Å². The van der Waals surface area contributed by atoms with Crippen LogP contribution in [0.1, 0.15) is 25.8 Å². The normalized spacial score (nSPS) is 11.9. The number of ether oxygens (including phenoxy) is 1. The zero-order valence-corrected chi connectivity index (χ0v) is 11.0. The van der Waals surface area contributed by atoms with Crippen LogP contribution in [0, 0.1) is 0 Å². The smallest absolute Gasteiger partial charge is 0.410 e. The van der Waals surface area contributed by atoms with Crippen LogP contribution < -0.4 is 0 Å². The lowest BCUT2D eigenvalue weighted by atomic mass is 10.2. The van der Waals surface area contributed by atoms with Crippen molar-refractivity contribution in [1.29, 1.82) is 0 Å². The van der Waals surface area contributed by atoms with Gasteiger partial charge in [-0.15, -0.1) is 0 Å². The van der Waals surface area contributed by atoms with Crippen molar-refractivity contribution >= 4 is 6.09 Å². The molecule has 18 heavy (non-hydrogen) atoms. The zero-order chi connectivity index (χ0) is 13.4. The summed E-state index contributed by atoms with van der Waals surface area (Å²) in [5, 5.41) is 8.97. The van der Waals surface area contributed by atoms with Crippen molar-refractivity contribution in [2.45, 2.75) is 32.9 Å². The third-order valence-electron chi connectivity index (χ3n) is 2.90. The number of hydrogen-bond donors (Lipinski definition) is 1. The van der Waals surface area contributed by atoms with E-state index in [1.165, 1.54) is 0 Å². The predicted molar refractivity (Wildman–Crippen MR) is 70.2 cm³/mol. The molecule has 0 saturated carbocycles. The van der Waals surface area contributed by atoms with Crippen LogP contribution in [0.5, 0.6) is 0 Å². The number of carbonyl (C=O) groups is 1. The molecule has 1 aromatic carbocycles. The summed E-state index contributed by atoms with van der Waals surface area (Å²) in [6.45, 7) is 4.46. The molecular weight excluding hydrogens is 230 g/mol. The van der Waals surface area contributed by atoms with E-state index in [9.17, 15) is 4.79 Å². The molecule has 0 aliphatic rings. The lowest BCUT2D eigenvalue weighted by Gasteiger charge is -2.26. The van der Waals surface area contributed by atoms with Crippen LogP contribution >= 0.6 is 0 Å². The molecule has 1 unspecified atom stereocenters. The van der Waals surface area contributed by atoms with Gasteiger partial charge in [0, 0.05) is 12.6 Å². The summed E-state index contributed by atoms with van der Waals surface area (Å²) in [7, 11) is 0. The third-order valence-corrected chi connectivity index (χ3v) is 2.90. The molecule has 100 valence electrons. The van der Waals surface area contributed by atoms with Crippen molar-refractivity contribution < 1.29 is 14.6 Å². The summed E-state index contributed by atoms with van der Waals surface area (Å²) >= 11 is 0. The molecule has 0 spiro atoms. The van der Waals surface area contributed by atoms with Gasteiger partial charge in [-0.2, -0.15) is 0 Å². The second-order valence-corrected chi connectivity index (χ2v) is 4.21. The van der Waals surface area contributed by atoms with E-state index in [1.54, 1.807) is 4.90 Å². The van der Waals surface area contributed by atoms with Gasteiger partial charge in [0.05, 0.1) is 6.61 Å². The Morgan fingerprint density at radius 2 is 2.06 bits per heavy atom. The molecule has 1 amide bonds. The highest BCUT2D eigenvalue weighted by atomic mass is 16.6. The number of nitrogens with zero attached hydrogens (tertiary/aromatic N) is 1. The summed E-state index contributed by atoms with van der Waals surface area (Å²) in [4.78, 5) is 13.5. The first-order valence-electron chi connectivity index (χ1n) is 6.27. The zero-order valence-electron chi connectivity index (χ0n) is 11.0. The molecule has 0 fully saturated rings. The molecule has 0 aromatic heterocycles. The van der Waals surface area contributed by atoms with E-state index >= 15 is 0 Å². The third kappa shape index (κ3) is 4.37. The predicted octanol–water partition coefficient (Wildman–Crippen LogP) is 2.42. The fourth-order valence-corrected chi connectivity index (χ4v) is 1.62. The number of aliphatic hydroxyl groups is 1. The van der Waals surface area contributed by atoms with E-state index in [0.29, 0.717) is 6.54 Å². The highest BCUT2D eigenvalue weighted by molar-refractivity contribution is 5.68. The Balaban J connectivity index is 2.51. The van der Waals surface area contributed by atoms with E-state index in [4.69, 9.17) is 9.84 Å². The van der Waals surface area contributed by atoms with Gasteiger partial charge in [-0.1, -0.05) is 37.3 Å². The van der Waals surface area contributed by atoms with E-state index < -0.39 is 0 Å². The second kappa shape index (κ2) is 7.71. The molecule has 0 radical (unpaired) electrons. The molecule has 0 bridgehead atoms. The Bertz CT molecular complexity index is 353.